The molecule has 1 aliphatic heterocycles. The number of likely N-dealkylation sites (tertiary alicyclic amines) is 1. The Hall–Kier alpha value is -2.45. The van der Waals surface area contributed by atoms with Crippen LogP contribution in [0.4, 0.5) is 13.2 Å². The smallest absolute Gasteiger partial charge is 0.422 e. The molecule has 0 aromatic heterocycles. The van der Waals surface area contributed by atoms with Crippen LogP contribution in [-0.4, -0.2) is 54.9 Å². The van der Waals surface area contributed by atoms with E-state index in [4.69, 9.17) is 14.6 Å². The van der Waals surface area contributed by atoms with Gasteiger partial charge in [-0.25, -0.2) is 0 Å². The molecule has 0 bridgehead atoms. The second kappa shape index (κ2) is 8.96. The van der Waals surface area contributed by atoms with Crippen LogP contribution in [0.1, 0.15) is 24.8 Å². The summed E-state index contributed by atoms with van der Waals surface area (Å²) in [6.07, 6.45) is -2.93. The number of methoxy groups -OCH3 is 1. The fraction of sp³-hybridized carbons (Fsp3) is 0.556. The van der Waals surface area contributed by atoms with E-state index in [9.17, 15) is 22.8 Å². The van der Waals surface area contributed by atoms with Gasteiger partial charge in [-0.2, -0.15) is 13.2 Å². The molecule has 0 saturated carbocycles. The molecule has 1 aromatic rings. The highest BCUT2D eigenvalue weighted by Crippen LogP contribution is 2.30. The summed E-state index contributed by atoms with van der Waals surface area (Å²) in [6, 6.07) is 4.54. The van der Waals surface area contributed by atoms with E-state index >= 15 is 0 Å². The standard InChI is InChI=1S/C18H22F3NO5/c1-26-15-10-12(2-4-14(15)27-11-18(19,20)21)3-5-16(23)22-8-6-13(7-9-22)17(24)25/h2,4,10,13H,3,5-9,11H2,1H3,(H,24,25). The number of carbonyl (C=O) groups excluding carboxylic acids is 1. The van der Waals surface area contributed by atoms with E-state index < -0.39 is 24.7 Å². The molecule has 0 atom stereocenters. The summed E-state index contributed by atoms with van der Waals surface area (Å²) in [5, 5.41) is 8.98. The van der Waals surface area contributed by atoms with Gasteiger partial charge in [0.25, 0.3) is 0 Å². The average molecular weight is 389 g/mol. The zero-order valence-corrected chi connectivity index (χ0v) is 14.9. The van der Waals surface area contributed by atoms with Crippen LogP contribution in [0.3, 0.4) is 0 Å². The summed E-state index contributed by atoms with van der Waals surface area (Å²) in [6.45, 7) is -0.569. The largest absolute Gasteiger partial charge is 0.493 e. The van der Waals surface area contributed by atoms with Crippen LogP contribution in [0.25, 0.3) is 0 Å². The van der Waals surface area contributed by atoms with Crippen molar-refractivity contribution in [1.82, 2.24) is 4.90 Å². The third kappa shape index (κ3) is 6.33. The number of hydrogen-bond donors (Lipinski definition) is 1. The van der Waals surface area contributed by atoms with Crippen molar-refractivity contribution in [3.05, 3.63) is 23.8 Å². The molecule has 1 N–H and O–H groups in total. The number of aliphatic carboxylic acids is 1. The molecule has 2 rings (SSSR count). The molecule has 1 amide bonds. The van der Waals surface area contributed by atoms with Crippen molar-refractivity contribution < 1.29 is 37.3 Å². The van der Waals surface area contributed by atoms with E-state index in [1.54, 1.807) is 17.0 Å². The van der Waals surface area contributed by atoms with Crippen molar-refractivity contribution in [3.63, 3.8) is 0 Å². The van der Waals surface area contributed by atoms with Crippen molar-refractivity contribution >= 4 is 11.9 Å². The lowest BCUT2D eigenvalue weighted by molar-refractivity contribution is -0.153. The van der Waals surface area contributed by atoms with Gasteiger partial charge in [-0.1, -0.05) is 6.07 Å². The van der Waals surface area contributed by atoms with Crippen molar-refractivity contribution in [2.24, 2.45) is 5.92 Å². The lowest BCUT2D eigenvalue weighted by Crippen LogP contribution is -2.40. The van der Waals surface area contributed by atoms with E-state index in [2.05, 4.69) is 0 Å². The maximum absolute atomic E-state index is 12.3. The van der Waals surface area contributed by atoms with Gasteiger partial charge in [-0.15, -0.1) is 0 Å². The number of rotatable bonds is 7. The number of aryl methyl sites for hydroxylation is 1. The minimum atomic E-state index is -4.44. The zero-order valence-electron chi connectivity index (χ0n) is 14.9. The van der Waals surface area contributed by atoms with Crippen LogP contribution in [0.5, 0.6) is 11.5 Å². The summed E-state index contributed by atoms with van der Waals surface area (Å²) >= 11 is 0. The number of alkyl halides is 3. The third-order valence-electron chi connectivity index (χ3n) is 4.44. The first-order chi connectivity index (χ1) is 12.7. The summed E-state index contributed by atoms with van der Waals surface area (Å²) in [4.78, 5) is 24.9. The van der Waals surface area contributed by atoms with Crippen LogP contribution in [0.2, 0.25) is 0 Å². The van der Waals surface area contributed by atoms with Gasteiger partial charge in [0.15, 0.2) is 18.1 Å². The zero-order chi connectivity index (χ0) is 20.0. The van der Waals surface area contributed by atoms with Gasteiger partial charge in [0.05, 0.1) is 13.0 Å². The summed E-state index contributed by atoms with van der Waals surface area (Å²) in [5.41, 5.74) is 0.736. The Bertz CT molecular complexity index is 669. The molecule has 0 aliphatic carbocycles. The highest BCUT2D eigenvalue weighted by Gasteiger charge is 2.29. The number of carbonyl (C=O) groups is 2. The van der Waals surface area contributed by atoms with Crippen LogP contribution < -0.4 is 9.47 Å². The Morgan fingerprint density at radius 1 is 1.22 bits per heavy atom. The lowest BCUT2D eigenvalue weighted by atomic mass is 9.96. The Morgan fingerprint density at radius 3 is 2.44 bits per heavy atom. The van der Waals surface area contributed by atoms with Crippen LogP contribution in [0, 0.1) is 5.92 Å². The molecule has 0 unspecified atom stereocenters. The molecule has 0 radical (unpaired) electrons. The molecule has 1 aliphatic rings. The van der Waals surface area contributed by atoms with E-state index in [1.807, 2.05) is 0 Å². The number of amides is 1. The molecule has 150 valence electrons. The lowest BCUT2D eigenvalue weighted by Gasteiger charge is -2.30. The molecule has 1 heterocycles. The molecule has 6 nitrogen and oxygen atoms in total. The number of nitrogens with zero attached hydrogens (tertiary/aromatic N) is 1. The molecule has 0 spiro atoms. The summed E-state index contributed by atoms with van der Waals surface area (Å²) < 4.78 is 46.6. The van der Waals surface area contributed by atoms with Gasteiger partial charge < -0.3 is 19.5 Å². The van der Waals surface area contributed by atoms with Gasteiger partial charge in [0.2, 0.25) is 5.91 Å². The highest BCUT2D eigenvalue weighted by molar-refractivity contribution is 5.77. The van der Waals surface area contributed by atoms with E-state index in [-0.39, 0.29) is 23.8 Å². The maximum Gasteiger partial charge on any atom is 0.422 e. The molecule has 1 aromatic carbocycles. The average Bonchev–Trinajstić information content (AvgIpc) is 2.64. The summed E-state index contributed by atoms with van der Waals surface area (Å²) in [7, 11) is 1.33. The Kier molecular flexibility index (Phi) is 6.92. The van der Waals surface area contributed by atoms with Crippen molar-refractivity contribution in [3.8, 4) is 11.5 Å². The normalized spacial score (nSPS) is 15.5. The van der Waals surface area contributed by atoms with Crippen molar-refractivity contribution in [2.45, 2.75) is 31.9 Å². The number of carboxylic acid groups (broad SMARTS) is 1. The molecular formula is C18H22F3NO5. The monoisotopic (exact) mass is 389 g/mol. The first-order valence-electron chi connectivity index (χ1n) is 8.56. The third-order valence-corrected chi connectivity index (χ3v) is 4.44. The van der Waals surface area contributed by atoms with E-state index in [1.165, 1.54) is 13.2 Å². The van der Waals surface area contributed by atoms with Crippen LogP contribution in [-0.2, 0) is 16.0 Å². The number of piperidine rings is 1. The first kappa shape index (κ1) is 20.9. The van der Waals surface area contributed by atoms with Gasteiger partial charge >= 0.3 is 12.1 Å². The van der Waals surface area contributed by atoms with Crippen molar-refractivity contribution in [1.29, 1.82) is 0 Å². The Labute approximate surface area is 154 Å². The van der Waals surface area contributed by atoms with E-state index in [0.29, 0.717) is 32.4 Å². The predicted octanol–water partition coefficient (Wildman–Crippen LogP) is 2.89. The number of benzene rings is 1. The second-order valence-corrected chi connectivity index (χ2v) is 6.38. The minimum absolute atomic E-state index is 0.0133. The fourth-order valence-corrected chi connectivity index (χ4v) is 2.93. The van der Waals surface area contributed by atoms with Crippen LogP contribution >= 0.6 is 0 Å². The van der Waals surface area contributed by atoms with Gasteiger partial charge in [-0.05, 0) is 37.0 Å². The van der Waals surface area contributed by atoms with Gasteiger partial charge in [0, 0.05) is 19.5 Å². The molecule has 1 saturated heterocycles. The van der Waals surface area contributed by atoms with E-state index in [0.717, 1.165) is 5.56 Å². The maximum atomic E-state index is 12.3. The predicted molar refractivity (Wildman–Crippen MR) is 89.8 cm³/mol. The molecule has 1 fully saturated rings. The number of halogens is 3. The van der Waals surface area contributed by atoms with Crippen molar-refractivity contribution in [2.75, 3.05) is 26.8 Å². The quantitative estimate of drug-likeness (QED) is 0.776. The number of carboxylic acids is 1. The SMILES string of the molecule is COc1cc(CCC(=O)N2CCC(C(=O)O)CC2)ccc1OCC(F)(F)F. The van der Waals surface area contributed by atoms with Gasteiger partial charge in [0.1, 0.15) is 0 Å². The van der Waals surface area contributed by atoms with Crippen LogP contribution in [0.15, 0.2) is 18.2 Å². The topological polar surface area (TPSA) is 76.1 Å². The molecule has 9 heteroatoms. The highest BCUT2D eigenvalue weighted by atomic mass is 19.4. The summed E-state index contributed by atoms with van der Waals surface area (Å²) in [5.74, 6) is -1.15. The molecule has 27 heavy (non-hydrogen) atoms. The Morgan fingerprint density at radius 2 is 1.89 bits per heavy atom. The molecular weight excluding hydrogens is 367 g/mol. The van der Waals surface area contributed by atoms with Gasteiger partial charge in [-0.3, -0.25) is 9.59 Å². The fourth-order valence-electron chi connectivity index (χ4n) is 2.93. The number of ether oxygens (including phenoxy) is 2. The Balaban J connectivity index is 1.88. The minimum Gasteiger partial charge on any atom is -0.493 e. The second-order valence-electron chi connectivity index (χ2n) is 6.38. The first-order valence-corrected chi connectivity index (χ1v) is 8.56. The number of hydrogen-bond acceptors (Lipinski definition) is 4.